The number of amides is 1. The van der Waals surface area contributed by atoms with Gasteiger partial charge in [-0.05, 0) is 31.5 Å². The lowest BCUT2D eigenvalue weighted by Gasteiger charge is -2.35. The summed E-state index contributed by atoms with van der Waals surface area (Å²) in [5, 5.41) is 6.43. The number of piperidine rings is 1. The molecule has 1 saturated heterocycles. The summed E-state index contributed by atoms with van der Waals surface area (Å²) in [6.45, 7) is 6.27. The molecule has 1 atom stereocenters. The van der Waals surface area contributed by atoms with E-state index in [0.29, 0.717) is 19.1 Å². The van der Waals surface area contributed by atoms with Crippen LogP contribution in [0.5, 0.6) is 0 Å². The molecule has 1 aliphatic rings. The Bertz CT molecular complexity index is 421. The van der Waals surface area contributed by atoms with Crippen LogP contribution < -0.4 is 10.6 Å². The fraction of sp³-hybridized carbons (Fsp3) is 0.588. The van der Waals surface area contributed by atoms with Gasteiger partial charge in [0.25, 0.3) is 0 Å². The van der Waals surface area contributed by atoms with Gasteiger partial charge in [0.2, 0.25) is 5.91 Å². The number of nitrogens with one attached hydrogen (secondary N) is 2. The second-order valence-corrected chi connectivity index (χ2v) is 5.69. The molecule has 1 heterocycles. The van der Waals surface area contributed by atoms with Crippen LogP contribution in [0.3, 0.4) is 0 Å². The van der Waals surface area contributed by atoms with Gasteiger partial charge in [0.05, 0.1) is 6.54 Å². The second kappa shape index (κ2) is 8.80. The zero-order valence-electron chi connectivity index (χ0n) is 13.0. The SMILES string of the molecule is CCNCC1CCCCN1CC(=O)NCc1ccccc1. The van der Waals surface area contributed by atoms with Crippen LogP contribution in [-0.2, 0) is 11.3 Å². The topological polar surface area (TPSA) is 44.4 Å². The Kier molecular flexibility index (Phi) is 6.70. The van der Waals surface area contributed by atoms with Crippen LogP contribution in [0.15, 0.2) is 30.3 Å². The Morgan fingerprint density at radius 1 is 1.29 bits per heavy atom. The van der Waals surface area contributed by atoms with Crippen molar-refractivity contribution in [1.29, 1.82) is 0 Å². The summed E-state index contributed by atoms with van der Waals surface area (Å²) in [7, 11) is 0. The number of benzene rings is 1. The van der Waals surface area contributed by atoms with E-state index in [1.807, 2.05) is 30.3 Å². The number of rotatable bonds is 7. The van der Waals surface area contributed by atoms with Gasteiger partial charge in [-0.2, -0.15) is 0 Å². The number of carbonyl (C=O) groups is 1. The molecule has 0 spiro atoms. The zero-order chi connectivity index (χ0) is 14.9. The van der Waals surface area contributed by atoms with Crippen molar-refractivity contribution in [2.24, 2.45) is 0 Å². The zero-order valence-corrected chi connectivity index (χ0v) is 13.0. The molecule has 0 aromatic heterocycles. The number of likely N-dealkylation sites (tertiary alicyclic amines) is 1. The van der Waals surface area contributed by atoms with E-state index in [0.717, 1.165) is 25.2 Å². The van der Waals surface area contributed by atoms with Gasteiger partial charge in [0.1, 0.15) is 0 Å². The van der Waals surface area contributed by atoms with Gasteiger partial charge in [-0.25, -0.2) is 0 Å². The van der Waals surface area contributed by atoms with E-state index < -0.39 is 0 Å². The molecule has 116 valence electrons. The van der Waals surface area contributed by atoms with E-state index in [1.54, 1.807) is 0 Å². The molecule has 0 saturated carbocycles. The largest absolute Gasteiger partial charge is 0.351 e. The maximum absolute atomic E-state index is 12.1. The summed E-state index contributed by atoms with van der Waals surface area (Å²) in [5.74, 6) is 0.127. The minimum absolute atomic E-state index is 0.127. The lowest BCUT2D eigenvalue weighted by Crippen LogP contribution is -2.49. The molecule has 2 rings (SSSR count). The summed E-state index contributed by atoms with van der Waals surface area (Å²) < 4.78 is 0. The Morgan fingerprint density at radius 3 is 2.86 bits per heavy atom. The van der Waals surface area contributed by atoms with Crippen molar-refractivity contribution in [3.63, 3.8) is 0 Å². The quantitative estimate of drug-likeness (QED) is 0.804. The molecule has 1 aromatic carbocycles. The lowest BCUT2D eigenvalue weighted by molar-refractivity contribution is -0.123. The molecule has 0 aliphatic carbocycles. The van der Waals surface area contributed by atoms with Gasteiger partial charge in [-0.1, -0.05) is 43.7 Å². The first-order valence-electron chi connectivity index (χ1n) is 8.05. The number of hydrogen-bond donors (Lipinski definition) is 2. The maximum atomic E-state index is 12.1. The highest BCUT2D eigenvalue weighted by atomic mass is 16.2. The maximum Gasteiger partial charge on any atom is 0.234 e. The Morgan fingerprint density at radius 2 is 2.10 bits per heavy atom. The normalized spacial score (nSPS) is 19.4. The van der Waals surface area contributed by atoms with E-state index in [1.165, 1.54) is 19.3 Å². The molecule has 1 fully saturated rings. The monoisotopic (exact) mass is 289 g/mol. The molecule has 1 aliphatic heterocycles. The second-order valence-electron chi connectivity index (χ2n) is 5.69. The highest BCUT2D eigenvalue weighted by molar-refractivity contribution is 5.78. The number of likely N-dealkylation sites (N-methyl/N-ethyl adjacent to an activating group) is 1. The summed E-state index contributed by atoms with van der Waals surface area (Å²) in [5.41, 5.74) is 1.15. The predicted molar refractivity (Wildman–Crippen MR) is 86.0 cm³/mol. The molecule has 1 aromatic rings. The fourth-order valence-corrected chi connectivity index (χ4v) is 2.85. The molecule has 21 heavy (non-hydrogen) atoms. The van der Waals surface area contributed by atoms with Gasteiger partial charge >= 0.3 is 0 Å². The average Bonchev–Trinajstić information content (AvgIpc) is 2.53. The van der Waals surface area contributed by atoms with E-state index in [9.17, 15) is 4.79 Å². The first-order chi connectivity index (χ1) is 10.3. The smallest absolute Gasteiger partial charge is 0.234 e. The van der Waals surface area contributed by atoms with Crippen molar-refractivity contribution in [2.45, 2.75) is 38.8 Å². The van der Waals surface area contributed by atoms with Crippen LogP contribution in [0.25, 0.3) is 0 Å². The van der Waals surface area contributed by atoms with Crippen LogP contribution in [0.2, 0.25) is 0 Å². The molecule has 0 bridgehead atoms. The Hall–Kier alpha value is -1.39. The van der Waals surface area contributed by atoms with Crippen molar-refractivity contribution >= 4 is 5.91 Å². The number of carbonyl (C=O) groups excluding carboxylic acids is 1. The predicted octanol–water partition coefficient (Wildman–Crippen LogP) is 1.77. The van der Waals surface area contributed by atoms with Gasteiger partial charge < -0.3 is 10.6 Å². The molecular weight excluding hydrogens is 262 g/mol. The van der Waals surface area contributed by atoms with Crippen LogP contribution in [0.1, 0.15) is 31.7 Å². The highest BCUT2D eigenvalue weighted by Crippen LogP contribution is 2.15. The van der Waals surface area contributed by atoms with E-state index in [2.05, 4.69) is 22.5 Å². The Balaban J connectivity index is 1.77. The van der Waals surface area contributed by atoms with Crippen LogP contribution in [-0.4, -0.2) is 43.0 Å². The minimum Gasteiger partial charge on any atom is -0.351 e. The minimum atomic E-state index is 0.127. The first kappa shape index (κ1) is 16.0. The van der Waals surface area contributed by atoms with E-state index in [-0.39, 0.29) is 5.91 Å². The van der Waals surface area contributed by atoms with Gasteiger partial charge in [-0.3, -0.25) is 9.69 Å². The van der Waals surface area contributed by atoms with Crippen molar-refractivity contribution in [3.8, 4) is 0 Å². The third-order valence-electron chi connectivity index (χ3n) is 4.06. The highest BCUT2D eigenvalue weighted by Gasteiger charge is 2.23. The molecule has 1 amide bonds. The standard InChI is InChI=1S/C17H27N3O/c1-2-18-13-16-10-6-7-11-20(16)14-17(21)19-12-15-8-4-3-5-9-15/h3-5,8-9,16,18H,2,6-7,10-14H2,1H3,(H,19,21). The Labute approximate surface area is 127 Å². The molecule has 0 radical (unpaired) electrons. The third-order valence-corrected chi connectivity index (χ3v) is 4.06. The number of nitrogens with zero attached hydrogens (tertiary/aromatic N) is 1. The summed E-state index contributed by atoms with van der Waals surface area (Å²) in [6, 6.07) is 10.6. The summed E-state index contributed by atoms with van der Waals surface area (Å²) in [4.78, 5) is 14.5. The van der Waals surface area contributed by atoms with Gasteiger partial charge in [-0.15, -0.1) is 0 Å². The molecule has 4 heteroatoms. The van der Waals surface area contributed by atoms with E-state index >= 15 is 0 Å². The van der Waals surface area contributed by atoms with Crippen LogP contribution in [0, 0.1) is 0 Å². The van der Waals surface area contributed by atoms with Crippen LogP contribution >= 0.6 is 0 Å². The average molecular weight is 289 g/mol. The lowest BCUT2D eigenvalue weighted by atomic mass is 10.0. The molecule has 4 nitrogen and oxygen atoms in total. The first-order valence-corrected chi connectivity index (χ1v) is 8.05. The molecule has 2 N–H and O–H groups in total. The van der Waals surface area contributed by atoms with E-state index in [4.69, 9.17) is 0 Å². The molecular formula is C17H27N3O. The van der Waals surface area contributed by atoms with Crippen LogP contribution in [0.4, 0.5) is 0 Å². The number of hydrogen-bond acceptors (Lipinski definition) is 3. The van der Waals surface area contributed by atoms with Crippen molar-refractivity contribution in [2.75, 3.05) is 26.2 Å². The third kappa shape index (κ3) is 5.48. The summed E-state index contributed by atoms with van der Waals surface area (Å²) >= 11 is 0. The van der Waals surface area contributed by atoms with Crippen molar-refractivity contribution in [3.05, 3.63) is 35.9 Å². The molecule has 1 unspecified atom stereocenters. The van der Waals surface area contributed by atoms with Crippen molar-refractivity contribution < 1.29 is 4.79 Å². The van der Waals surface area contributed by atoms with Gasteiger partial charge in [0, 0.05) is 19.1 Å². The van der Waals surface area contributed by atoms with Crippen molar-refractivity contribution in [1.82, 2.24) is 15.5 Å². The fourth-order valence-electron chi connectivity index (χ4n) is 2.85. The summed E-state index contributed by atoms with van der Waals surface area (Å²) in [6.07, 6.45) is 3.67. The van der Waals surface area contributed by atoms with Gasteiger partial charge in [0.15, 0.2) is 0 Å².